The van der Waals surface area contributed by atoms with Gasteiger partial charge in [0.25, 0.3) is 0 Å². The molecule has 0 radical (unpaired) electrons. The van der Waals surface area contributed by atoms with Crippen molar-refractivity contribution in [1.29, 1.82) is 0 Å². The number of fused-ring (bicyclic) bond motifs is 6. The van der Waals surface area contributed by atoms with Crippen LogP contribution < -0.4 is 11.5 Å². The maximum atomic E-state index is 12.4. The van der Waals surface area contributed by atoms with Gasteiger partial charge in [-0.05, 0) is 296 Å². The molecule has 3 aromatic heterocycles. The summed E-state index contributed by atoms with van der Waals surface area (Å²) in [5, 5.41) is 7.57. The first-order valence-electron chi connectivity index (χ1n) is 36.5. The minimum Gasteiger partial charge on any atom is -0.359 e. The second-order valence-corrected chi connectivity index (χ2v) is 33.3. The summed E-state index contributed by atoms with van der Waals surface area (Å²) >= 11 is 0. The highest BCUT2D eigenvalue weighted by Gasteiger charge is 2.70. The van der Waals surface area contributed by atoms with Crippen molar-refractivity contribution >= 4 is 38.1 Å². The SMILES string of the molecule is C[C@]12CC=C3C=C4CCC(=O)C[C@]45CCC3(O5)[C@@H]1CCC2c1ccc2ccncc2c1.C[C@]12CC=C3C=C4CC[C@@H](N)C[C@]45CCC3(O5)[C@@H]1CCC2c1ccc2ccncc2c1.C[C@]12CC=C3C=C4CC[C@H](N)C[C@]45CCC3(O5)[C@@H]1CCC2c1ccc2ccncc2c1. The molecule has 478 valence electrons. The number of nitrogens with zero attached hydrogens (tertiary/aromatic N) is 3. The van der Waals surface area contributed by atoms with Gasteiger partial charge in [0.15, 0.2) is 0 Å². The maximum absolute atomic E-state index is 12.4. The zero-order chi connectivity index (χ0) is 62.5. The second-order valence-electron chi connectivity index (χ2n) is 33.3. The predicted octanol–water partition coefficient (Wildman–Crippen LogP) is 17.7. The van der Waals surface area contributed by atoms with E-state index in [2.05, 4.69) is 145 Å². The van der Waals surface area contributed by atoms with E-state index in [4.69, 9.17) is 25.7 Å². The summed E-state index contributed by atoms with van der Waals surface area (Å²) in [6, 6.07) is 28.0. The highest BCUT2D eigenvalue weighted by molar-refractivity contribution is 5.85. The average molecular weight is 1240 g/mol. The first kappa shape index (κ1) is 58.2. The number of aromatic nitrogens is 3. The highest BCUT2D eigenvalue weighted by Crippen LogP contribution is 2.73. The fourth-order valence-electron chi connectivity index (χ4n) is 24.7. The Morgan fingerprint density at radius 2 is 0.774 bits per heavy atom. The van der Waals surface area contributed by atoms with Gasteiger partial charge in [0, 0.05) is 78.3 Å². The van der Waals surface area contributed by atoms with Gasteiger partial charge >= 0.3 is 0 Å². The van der Waals surface area contributed by atoms with Crippen LogP contribution in [0.1, 0.15) is 209 Å². The minimum atomic E-state index is -0.294. The van der Waals surface area contributed by atoms with Gasteiger partial charge in [0.2, 0.25) is 0 Å². The Hall–Kier alpha value is -6.20. The fourth-order valence-corrected chi connectivity index (χ4v) is 24.7. The predicted molar refractivity (Wildman–Crippen MR) is 368 cm³/mol. The van der Waals surface area contributed by atoms with Crippen LogP contribution in [-0.4, -0.2) is 66.4 Å². The molecular weight excluding hydrogens is 1140 g/mol. The van der Waals surface area contributed by atoms with E-state index in [1.165, 1.54) is 134 Å². The van der Waals surface area contributed by atoms with Gasteiger partial charge in [-0.2, -0.15) is 0 Å². The quantitative estimate of drug-likeness (QED) is 0.178. The van der Waals surface area contributed by atoms with Crippen LogP contribution >= 0.6 is 0 Å². The smallest absolute Gasteiger partial charge is 0.136 e. The number of ether oxygens (including phenoxy) is 3. The first-order valence-corrected chi connectivity index (χ1v) is 36.5. The number of carbonyl (C=O) groups excluding carboxylic acids is 1. The summed E-state index contributed by atoms with van der Waals surface area (Å²) in [4.78, 5) is 25.4. The third kappa shape index (κ3) is 8.28. The van der Waals surface area contributed by atoms with Crippen molar-refractivity contribution < 1.29 is 19.0 Å². The number of rotatable bonds is 3. The van der Waals surface area contributed by atoms with Gasteiger partial charge in [-0.1, -0.05) is 93.6 Å². The van der Waals surface area contributed by atoms with Crippen LogP contribution in [0, 0.1) is 34.0 Å². The summed E-state index contributed by atoms with van der Waals surface area (Å²) in [6.07, 6.45) is 53.1. The van der Waals surface area contributed by atoms with E-state index in [9.17, 15) is 4.79 Å². The molecular formula is C84H93N5O4. The molecule has 6 unspecified atom stereocenters. The molecule has 9 nitrogen and oxygen atoms in total. The zero-order valence-corrected chi connectivity index (χ0v) is 55.1. The first-order chi connectivity index (χ1) is 45.1. The number of Topliss-reactive ketones (excluding diaryl/α,β-unsaturated/α-hetero) is 1. The molecule has 0 amide bonds. The van der Waals surface area contributed by atoms with Gasteiger partial charge in [-0.25, -0.2) is 0 Å². The van der Waals surface area contributed by atoms with Gasteiger partial charge in [-0.15, -0.1) is 0 Å². The van der Waals surface area contributed by atoms with E-state index >= 15 is 0 Å². The van der Waals surface area contributed by atoms with Crippen molar-refractivity contribution in [3.63, 3.8) is 0 Å². The molecule has 93 heavy (non-hydrogen) atoms. The van der Waals surface area contributed by atoms with E-state index < -0.39 is 0 Å². The monoisotopic (exact) mass is 1240 g/mol. The lowest BCUT2D eigenvalue weighted by atomic mass is 9.58. The minimum absolute atomic E-state index is 0.0695. The molecule has 6 bridgehead atoms. The summed E-state index contributed by atoms with van der Waals surface area (Å²) in [7, 11) is 0. The van der Waals surface area contributed by atoms with E-state index in [1.54, 1.807) is 0 Å². The van der Waals surface area contributed by atoms with Crippen LogP contribution in [0.15, 0.2) is 180 Å². The Morgan fingerprint density at radius 1 is 0.409 bits per heavy atom. The van der Waals surface area contributed by atoms with Crippen LogP contribution in [0.4, 0.5) is 0 Å². The number of allylic oxidation sites excluding steroid dienone is 3. The largest absolute Gasteiger partial charge is 0.359 e. The van der Waals surface area contributed by atoms with Crippen LogP contribution in [0.5, 0.6) is 0 Å². The molecule has 9 heteroatoms. The van der Waals surface area contributed by atoms with E-state index in [-0.39, 0.29) is 61.9 Å². The molecule has 6 saturated carbocycles. The van der Waals surface area contributed by atoms with Gasteiger partial charge < -0.3 is 25.7 Å². The van der Waals surface area contributed by atoms with E-state index in [0.717, 1.165) is 89.9 Å². The summed E-state index contributed by atoms with van der Waals surface area (Å²) in [6.45, 7) is 7.60. The van der Waals surface area contributed by atoms with Gasteiger partial charge in [-0.3, -0.25) is 19.7 Å². The normalized spacial score (nSPS) is 42.3. The standard InChI is InChI=1S/2C28H32N2O.C28H29NO2/c2*1-26-10-8-22-15-21-4-5-23(29)16-27(21)11-12-28(22,31-27)25(26)7-6-24(26)19-3-2-18-9-13-30-17-20(18)14-19;1-26-10-8-22-15-21-4-5-23(30)16-27(21)11-12-28(22,31-27)25(26)7-6-24(26)19-3-2-18-9-13-29-17-20(18)14-19/h2*2-3,8-9,13-15,17,23-25H,4-7,10-12,16,29H2,1H3;2-3,8-9,13-15,17,24-25H,4-7,10-12,16H2,1H3/t23-,24?,25+,26+,27+,28?;23-,24?,25-,26-,27-,28?;24?,25-,26-,27-,28?/m011/s1. The Labute approximate surface area is 549 Å². The molecule has 17 atom stereocenters. The zero-order valence-electron chi connectivity index (χ0n) is 55.1. The molecule has 4 N–H and O–H groups in total. The lowest BCUT2D eigenvalue weighted by Gasteiger charge is -2.54. The average Bonchev–Trinajstić information content (AvgIpc) is 1.56. The van der Waals surface area contributed by atoms with Gasteiger partial charge in [0.1, 0.15) is 5.78 Å². The number of nitrogens with two attached hydrogens (primary N) is 2. The molecule has 3 aromatic carbocycles. The van der Waals surface area contributed by atoms with Crippen LogP contribution in [0.25, 0.3) is 32.3 Å². The summed E-state index contributed by atoms with van der Waals surface area (Å²) < 4.78 is 21.6. The third-order valence-electron chi connectivity index (χ3n) is 29.1. The molecule has 21 rings (SSSR count). The Balaban J connectivity index is 0.0000000994. The molecule has 9 aliphatic carbocycles. The molecule has 6 aliphatic heterocycles. The summed E-state index contributed by atoms with van der Waals surface area (Å²) in [5.41, 5.74) is 26.1. The van der Waals surface area contributed by atoms with Crippen molar-refractivity contribution in [1.82, 2.24) is 15.0 Å². The van der Waals surface area contributed by atoms with Crippen LogP contribution in [-0.2, 0) is 19.0 Å². The van der Waals surface area contributed by atoms with Crippen molar-refractivity contribution in [2.45, 2.75) is 238 Å². The number of carbonyl (C=O) groups is 1. The Bertz CT molecular complexity index is 4190. The number of hydrogen-bond donors (Lipinski definition) is 2. The molecule has 15 aliphatic rings. The number of hydrogen-bond acceptors (Lipinski definition) is 9. The van der Waals surface area contributed by atoms with Crippen LogP contribution in [0.2, 0.25) is 0 Å². The lowest BCUT2D eigenvalue weighted by molar-refractivity contribution is -0.146. The second kappa shape index (κ2) is 20.4. The highest BCUT2D eigenvalue weighted by atomic mass is 16.5. The molecule has 3 saturated heterocycles. The molecule has 9 heterocycles. The third-order valence-corrected chi connectivity index (χ3v) is 29.1. The number of ketones is 1. The van der Waals surface area contributed by atoms with Crippen LogP contribution in [0.3, 0.4) is 0 Å². The lowest BCUT2D eigenvalue weighted by Crippen LogP contribution is -2.54. The number of benzene rings is 3. The van der Waals surface area contributed by atoms with Gasteiger partial charge in [0.05, 0.1) is 33.6 Å². The molecule has 6 spiro atoms. The van der Waals surface area contributed by atoms with Crippen molar-refractivity contribution in [2.75, 3.05) is 0 Å². The molecule has 6 aromatic rings. The number of pyridine rings is 3. The fraction of sp³-hybridized carbons (Fsp3) is 0.524. The topological polar surface area (TPSA) is 135 Å². The van der Waals surface area contributed by atoms with E-state index in [0.29, 0.717) is 54.1 Å². The van der Waals surface area contributed by atoms with Crippen molar-refractivity contribution in [3.05, 3.63) is 197 Å². The van der Waals surface area contributed by atoms with Crippen molar-refractivity contribution in [3.8, 4) is 0 Å². The van der Waals surface area contributed by atoms with Crippen molar-refractivity contribution in [2.24, 2.45) is 45.5 Å². The summed E-state index contributed by atoms with van der Waals surface area (Å²) in [5.74, 6) is 3.77. The maximum Gasteiger partial charge on any atom is 0.136 e. The van der Waals surface area contributed by atoms with E-state index in [1.807, 2.05) is 37.2 Å². The Morgan fingerprint density at radius 3 is 1.17 bits per heavy atom. The Kier molecular flexibility index (Phi) is 12.8. The molecule has 9 fully saturated rings.